The predicted octanol–water partition coefficient (Wildman–Crippen LogP) is 2.72. The zero-order valence-electron chi connectivity index (χ0n) is 10.8. The summed E-state index contributed by atoms with van der Waals surface area (Å²) >= 11 is 0. The van der Waals surface area contributed by atoms with Gasteiger partial charge in [0.05, 0.1) is 5.52 Å². The number of hydrogen-bond donors (Lipinski definition) is 1. The van der Waals surface area contributed by atoms with Crippen LogP contribution in [0.25, 0.3) is 10.9 Å². The Hall–Kier alpha value is -1.42. The number of nitrogens with one attached hydrogen (secondary N) is 1. The van der Waals surface area contributed by atoms with E-state index in [9.17, 15) is 4.21 Å². The first-order valence-corrected chi connectivity index (χ1v) is 7.64. The molecule has 0 radical (unpaired) electrons. The van der Waals surface area contributed by atoms with Gasteiger partial charge in [0.25, 0.3) is 0 Å². The van der Waals surface area contributed by atoms with E-state index in [0.717, 1.165) is 34.6 Å². The molecule has 0 saturated carbocycles. The van der Waals surface area contributed by atoms with Crippen LogP contribution in [0.1, 0.15) is 12.6 Å². The molecule has 0 fully saturated rings. The van der Waals surface area contributed by atoms with E-state index in [1.54, 1.807) is 0 Å². The largest absolute Gasteiger partial charge is 0.384 e. The molecule has 0 saturated heterocycles. The number of aromatic nitrogens is 1. The summed E-state index contributed by atoms with van der Waals surface area (Å²) in [6, 6.07) is 10.1. The van der Waals surface area contributed by atoms with Gasteiger partial charge in [-0.25, -0.2) is 0 Å². The lowest BCUT2D eigenvalue weighted by molar-refractivity contribution is 0.684. The minimum absolute atomic E-state index is 0.687. The van der Waals surface area contributed by atoms with Crippen LogP contribution in [0.3, 0.4) is 0 Å². The molecule has 0 bridgehead atoms. The van der Waals surface area contributed by atoms with Crippen LogP contribution < -0.4 is 5.32 Å². The van der Waals surface area contributed by atoms with Crippen molar-refractivity contribution in [2.45, 2.75) is 13.8 Å². The van der Waals surface area contributed by atoms with Gasteiger partial charge in [-0.2, -0.15) is 0 Å². The van der Waals surface area contributed by atoms with Gasteiger partial charge >= 0.3 is 0 Å². The van der Waals surface area contributed by atoms with Crippen molar-refractivity contribution in [1.29, 1.82) is 0 Å². The standard InChI is InChI=1S/C14H18N2OS/c1-3-18(17)9-8-15-14-10-11(2)16-13-7-5-4-6-12(13)14/h4-7,10H,3,8-9H2,1-2H3,(H,15,16). The first kappa shape index (κ1) is 13.0. The lowest BCUT2D eigenvalue weighted by atomic mass is 10.1. The molecule has 4 heteroatoms. The second-order valence-corrected chi connectivity index (χ2v) is 6.05. The van der Waals surface area contributed by atoms with E-state index in [1.807, 2.05) is 38.1 Å². The van der Waals surface area contributed by atoms with Gasteiger partial charge in [0.2, 0.25) is 0 Å². The number of nitrogens with zero attached hydrogens (tertiary/aromatic N) is 1. The quantitative estimate of drug-likeness (QED) is 0.901. The fourth-order valence-corrected chi connectivity index (χ4v) is 2.52. The molecule has 1 atom stereocenters. The number of aryl methyl sites for hydroxylation is 1. The molecule has 3 nitrogen and oxygen atoms in total. The molecule has 0 aliphatic rings. The number of benzene rings is 1. The number of anilines is 1. The third-order valence-electron chi connectivity index (χ3n) is 2.81. The van der Waals surface area contributed by atoms with Crippen molar-refractivity contribution in [1.82, 2.24) is 4.98 Å². The van der Waals surface area contributed by atoms with Crippen LogP contribution in [0.2, 0.25) is 0 Å². The van der Waals surface area contributed by atoms with Crippen molar-refractivity contribution in [2.75, 3.05) is 23.4 Å². The van der Waals surface area contributed by atoms with E-state index in [2.05, 4.69) is 16.4 Å². The molecule has 2 rings (SSSR count). The van der Waals surface area contributed by atoms with E-state index in [1.165, 1.54) is 0 Å². The van der Waals surface area contributed by atoms with E-state index < -0.39 is 10.8 Å². The lowest BCUT2D eigenvalue weighted by Crippen LogP contribution is -2.12. The zero-order valence-corrected chi connectivity index (χ0v) is 11.6. The summed E-state index contributed by atoms with van der Waals surface area (Å²) < 4.78 is 11.4. The Morgan fingerprint density at radius 3 is 2.89 bits per heavy atom. The molecule has 96 valence electrons. The minimum atomic E-state index is -0.718. The highest BCUT2D eigenvalue weighted by atomic mass is 32.2. The fourth-order valence-electron chi connectivity index (χ4n) is 1.90. The molecule has 0 aliphatic heterocycles. The number of para-hydroxylation sites is 1. The second kappa shape index (κ2) is 5.96. The van der Waals surface area contributed by atoms with Crippen molar-refractivity contribution < 1.29 is 4.21 Å². The third kappa shape index (κ3) is 3.07. The van der Waals surface area contributed by atoms with Gasteiger partial charge in [0, 0.05) is 45.6 Å². The highest BCUT2D eigenvalue weighted by Gasteiger charge is 2.03. The molecule has 0 spiro atoms. The average molecular weight is 262 g/mol. The van der Waals surface area contributed by atoms with E-state index in [-0.39, 0.29) is 0 Å². The zero-order chi connectivity index (χ0) is 13.0. The third-order valence-corrected chi connectivity index (χ3v) is 4.11. The van der Waals surface area contributed by atoms with Crippen LogP contribution in [-0.4, -0.2) is 27.2 Å². The van der Waals surface area contributed by atoms with Crippen LogP contribution in [0, 0.1) is 6.92 Å². The maximum Gasteiger partial charge on any atom is 0.0725 e. The molecule has 0 amide bonds. The van der Waals surface area contributed by atoms with Gasteiger partial charge < -0.3 is 5.32 Å². The summed E-state index contributed by atoms with van der Waals surface area (Å²) in [5.41, 5.74) is 3.07. The monoisotopic (exact) mass is 262 g/mol. The Balaban J connectivity index is 2.19. The number of rotatable bonds is 5. The summed E-state index contributed by atoms with van der Waals surface area (Å²) in [5, 5.41) is 4.48. The van der Waals surface area contributed by atoms with E-state index in [4.69, 9.17) is 0 Å². The van der Waals surface area contributed by atoms with Crippen LogP contribution in [0.15, 0.2) is 30.3 Å². The van der Waals surface area contributed by atoms with Gasteiger partial charge in [0.15, 0.2) is 0 Å². The molecular formula is C14H18N2OS. The van der Waals surface area contributed by atoms with E-state index in [0.29, 0.717) is 5.75 Å². The first-order chi connectivity index (χ1) is 8.70. The maximum atomic E-state index is 11.4. The van der Waals surface area contributed by atoms with Crippen molar-refractivity contribution >= 4 is 27.4 Å². The van der Waals surface area contributed by atoms with Crippen molar-refractivity contribution in [2.24, 2.45) is 0 Å². The summed E-state index contributed by atoms with van der Waals surface area (Å²) in [5.74, 6) is 1.41. The van der Waals surface area contributed by atoms with Crippen molar-refractivity contribution in [3.05, 3.63) is 36.0 Å². The number of hydrogen-bond acceptors (Lipinski definition) is 3. The molecule has 1 aromatic carbocycles. The Bertz CT molecular complexity index is 569. The lowest BCUT2D eigenvalue weighted by Gasteiger charge is -2.10. The summed E-state index contributed by atoms with van der Waals surface area (Å²) in [4.78, 5) is 4.50. The van der Waals surface area contributed by atoms with Gasteiger partial charge in [-0.3, -0.25) is 9.19 Å². The number of fused-ring (bicyclic) bond motifs is 1. The smallest absolute Gasteiger partial charge is 0.0725 e. The van der Waals surface area contributed by atoms with Crippen LogP contribution in [0.4, 0.5) is 5.69 Å². The normalized spacial score (nSPS) is 12.6. The SMILES string of the molecule is CCS(=O)CCNc1cc(C)nc2ccccc12. The molecular weight excluding hydrogens is 244 g/mol. The van der Waals surface area contributed by atoms with Gasteiger partial charge in [-0.05, 0) is 19.1 Å². The molecule has 1 unspecified atom stereocenters. The summed E-state index contributed by atoms with van der Waals surface area (Å²) in [7, 11) is -0.718. The topological polar surface area (TPSA) is 42.0 Å². The molecule has 1 heterocycles. The number of pyridine rings is 1. The van der Waals surface area contributed by atoms with Crippen LogP contribution in [-0.2, 0) is 10.8 Å². The first-order valence-electron chi connectivity index (χ1n) is 6.16. The van der Waals surface area contributed by atoms with Crippen LogP contribution in [0.5, 0.6) is 0 Å². The Morgan fingerprint density at radius 1 is 1.33 bits per heavy atom. The summed E-state index contributed by atoms with van der Waals surface area (Å²) in [6.45, 7) is 4.66. The highest BCUT2D eigenvalue weighted by molar-refractivity contribution is 7.84. The molecule has 18 heavy (non-hydrogen) atoms. The van der Waals surface area contributed by atoms with Gasteiger partial charge in [0.1, 0.15) is 0 Å². The Labute approximate surface area is 110 Å². The average Bonchev–Trinajstić information content (AvgIpc) is 2.38. The van der Waals surface area contributed by atoms with Crippen LogP contribution >= 0.6 is 0 Å². The molecule has 1 N–H and O–H groups in total. The highest BCUT2D eigenvalue weighted by Crippen LogP contribution is 2.22. The predicted molar refractivity (Wildman–Crippen MR) is 78.5 cm³/mol. The Kier molecular flexibility index (Phi) is 4.31. The molecule has 1 aromatic heterocycles. The molecule has 2 aromatic rings. The maximum absolute atomic E-state index is 11.4. The molecule has 0 aliphatic carbocycles. The van der Waals surface area contributed by atoms with Gasteiger partial charge in [-0.15, -0.1) is 0 Å². The minimum Gasteiger partial charge on any atom is -0.384 e. The van der Waals surface area contributed by atoms with Gasteiger partial charge in [-0.1, -0.05) is 25.1 Å². The van der Waals surface area contributed by atoms with Crippen molar-refractivity contribution in [3.8, 4) is 0 Å². The van der Waals surface area contributed by atoms with E-state index >= 15 is 0 Å². The fraction of sp³-hybridized carbons (Fsp3) is 0.357. The Morgan fingerprint density at radius 2 is 2.11 bits per heavy atom. The second-order valence-electron chi connectivity index (χ2n) is 4.19. The summed E-state index contributed by atoms with van der Waals surface area (Å²) in [6.07, 6.45) is 0. The van der Waals surface area contributed by atoms with Crippen molar-refractivity contribution in [3.63, 3.8) is 0 Å².